The molecule has 1 heterocycles. The van der Waals surface area contributed by atoms with Crippen LogP contribution in [0.2, 0.25) is 5.15 Å². The predicted octanol–water partition coefficient (Wildman–Crippen LogP) is 7.63. The van der Waals surface area contributed by atoms with Crippen molar-refractivity contribution in [3.63, 3.8) is 0 Å². The number of hydrogen-bond donors (Lipinski definition) is 1. The number of ether oxygens (including phenoxy) is 2. The topological polar surface area (TPSA) is 89.0 Å². The summed E-state index contributed by atoms with van der Waals surface area (Å²) in [5.41, 5.74) is 3.46. The molecule has 4 aromatic rings. The van der Waals surface area contributed by atoms with Crippen LogP contribution in [0.4, 0.5) is 4.79 Å². The van der Waals surface area contributed by atoms with Crippen LogP contribution in [0.5, 0.6) is 0 Å². The zero-order valence-corrected chi connectivity index (χ0v) is 25.4. The highest BCUT2D eigenvalue weighted by atomic mass is 35.5. The van der Waals surface area contributed by atoms with Gasteiger partial charge >= 0.3 is 12.1 Å². The number of carbonyl (C=O) groups is 2. The Morgan fingerprint density at radius 2 is 1.67 bits per heavy atom. The normalized spacial score (nSPS) is 12.9. The van der Waals surface area contributed by atoms with Gasteiger partial charge in [0.2, 0.25) is 0 Å². The number of esters is 1. The summed E-state index contributed by atoms with van der Waals surface area (Å²) < 4.78 is 10.9. The number of halogens is 1. The number of rotatable bonds is 9. The lowest BCUT2D eigenvalue weighted by molar-refractivity contribution is 0.00542. The smallest absolute Gasteiger partial charge is 0.410 e. The summed E-state index contributed by atoms with van der Waals surface area (Å²) >= 11 is 5.90. The molecule has 0 radical (unpaired) electrons. The van der Waals surface area contributed by atoms with E-state index in [4.69, 9.17) is 21.1 Å². The van der Waals surface area contributed by atoms with E-state index in [1.54, 1.807) is 30.0 Å². The second-order valence-corrected chi connectivity index (χ2v) is 11.6. The maximum Gasteiger partial charge on any atom is 0.410 e. The first kappa shape index (κ1) is 31.0. The van der Waals surface area contributed by atoms with Crippen LogP contribution < -0.4 is 0 Å². The van der Waals surface area contributed by atoms with Crippen molar-refractivity contribution in [2.24, 2.45) is 0 Å². The van der Waals surface area contributed by atoms with E-state index in [2.05, 4.69) is 4.98 Å². The molecule has 42 heavy (non-hydrogen) atoms. The molecule has 0 saturated carbocycles. The largest absolute Gasteiger partial charge is 0.462 e. The minimum absolute atomic E-state index is 0.0380. The number of aromatic nitrogens is 1. The number of aliphatic hydroxyl groups is 1. The fourth-order valence-electron chi connectivity index (χ4n) is 4.85. The van der Waals surface area contributed by atoms with Gasteiger partial charge in [-0.1, -0.05) is 72.3 Å². The maximum atomic E-state index is 13.2. The Labute approximate surface area is 252 Å². The van der Waals surface area contributed by atoms with Crippen molar-refractivity contribution in [1.82, 2.24) is 9.88 Å². The molecule has 0 aliphatic carbocycles. The summed E-state index contributed by atoms with van der Waals surface area (Å²) in [6.07, 6.45) is 0.596. The summed E-state index contributed by atoms with van der Waals surface area (Å²) in [6.45, 7) is 9.53. The molecule has 0 bridgehead atoms. The quantitative estimate of drug-likeness (QED) is 0.160. The van der Waals surface area contributed by atoms with Gasteiger partial charge in [0.15, 0.2) is 0 Å². The molecule has 0 aliphatic heterocycles. The SMILES string of the molecule is CCOC(=O)c1cccc2c(-c3ccc(C[C@@H](C)N(C[C@H](O)c4ccc(Cl)nc4)C(=O)OC(C)(C)C)cc3)cccc12. The molecule has 0 aliphatic rings. The highest BCUT2D eigenvalue weighted by Gasteiger charge is 2.28. The summed E-state index contributed by atoms with van der Waals surface area (Å²) in [5.74, 6) is -0.337. The maximum absolute atomic E-state index is 13.2. The Bertz CT molecular complexity index is 1530. The second kappa shape index (κ2) is 13.4. The minimum Gasteiger partial charge on any atom is -0.462 e. The Balaban J connectivity index is 1.56. The molecule has 0 fully saturated rings. The predicted molar refractivity (Wildman–Crippen MR) is 166 cm³/mol. The minimum atomic E-state index is -0.960. The van der Waals surface area contributed by atoms with E-state index in [1.807, 2.05) is 82.3 Å². The van der Waals surface area contributed by atoms with Gasteiger partial charge in [-0.05, 0) is 80.6 Å². The van der Waals surface area contributed by atoms with Gasteiger partial charge in [0.1, 0.15) is 10.8 Å². The summed E-state index contributed by atoms with van der Waals surface area (Å²) in [5, 5.41) is 13.0. The molecule has 0 saturated heterocycles. The first-order valence-corrected chi connectivity index (χ1v) is 14.4. The van der Waals surface area contributed by atoms with E-state index >= 15 is 0 Å². The van der Waals surface area contributed by atoms with Crippen LogP contribution in [0, 0.1) is 0 Å². The molecule has 0 spiro atoms. The summed E-state index contributed by atoms with van der Waals surface area (Å²) in [7, 11) is 0. The van der Waals surface area contributed by atoms with Crippen LogP contribution in [0.25, 0.3) is 21.9 Å². The molecule has 0 unspecified atom stereocenters. The van der Waals surface area contributed by atoms with E-state index in [-0.39, 0.29) is 18.6 Å². The Hall–Kier alpha value is -3.94. The molecule has 3 aromatic carbocycles. The number of amides is 1. The molecule has 2 atom stereocenters. The van der Waals surface area contributed by atoms with Crippen LogP contribution >= 0.6 is 11.6 Å². The van der Waals surface area contributed by atoms with Crippen LogP contribution in [-0.4, -0.2) is 51.8 Å². The third kappa shape index (κ3) is 7.66. The molecule has 1 N–H and O–H groups in total. The van der Waals surface area contributed by atoms with E-state index in [0.29, 0.717) is 29.3 Å². The highest BCUT2D eigenvalue weighted by Crippen LogP contribution is 2.31. The lowest BCUT2D eigenvalue weighted by Gasteiger charge is -2.33. The first-order valence-electron chi connectivity index (χ1n) is 14.0. The van der Waals surface area contributed by atoms with E-state index in [1.165, 1.54) is 6.20 Å². The lowest BCUT2D eigenvalue weighted by Crippen LogP contribution is -2.45. The fourth-order valence-corrected chi connectivity index (χ4v) is 4.96. The number of benzene rings is 3. The molecule has 8 heteroatoms. The van der Waals surface area contributed by atoms with Gasteiger partial charge in [0.05, 0.1) is 24.8 Å². The lowest BCUT2D eigenvalue weighted by atomic mass is 9.94. The van der Waals surface area contributed by atoms with E-state index in [0.717, 1.165) is 27.5 Å². The number of hydrogen-bond acceptors (Lipinski definition) is 6. The Kier molecular flexibility index (Phi) is 9.86. The number of aliphatic hydroxyl groups excluding tert-OH is 1. The van der Waals surface area contributed by atoms with E-state index < -0.39 is 17.8 Å². The molecule has 7 nitrogen and oxygen atoms in total. The van der Waals surface area contributed by atoms with Gasteiger partial charge in [-0.2, -0.15) is 0 Å². The summed E-state index contributed by atoms with van der Waals surface area (Å²) in [6, 6.07) is 22.7. The van der Waals surface area contributed by atoms with Gasteiger partial charge in [0, 0.05) is 17.8 Å². The number of nitrogens with zero attached hydrogens (tertiary/aromatic N) is 2. The molecular formula is C34H37ClN2O5. The molecule has 4 rings (SSSR count). The third-order valence-electron chi connectivity index (χ3n) is 6.88. The van der Waals surface area contributed by atoms with Crippen molar-refractivity contribution < 1.29 is 24.2 Å². The molecule has 1 aromatic heterocycles. The van der Waals surface area contributed by atoms with E-state index in [9.17, 15) is 14.7 Å². The van der Waals surface area contributed by atoms with Gasteiger partial charge in [0.25, 0.3) is 0 Å². The van der Waals surface area contributed by atoms with Crippen molar-refractivity contribution in [2.75, 3.05) is 13.2 Å². The highest BCUT2D eigenvalue weighted by molar-refractivity contribution is 6.29. The monoisotopic (exact) mass is 588 g/mol. The van der Waals surface area contributed by atoms with Crippen LogP contribution in [0.1, 0.15) is 62.2 Å². The average molecular weight is 589 g/mol. The van der Waals surface area contributed by atoms with Crippen molar-refractivity contribution in [2.45, 2.75) is 58.8 Å². The van der Waals surface area contributed by atoms with Gasteiger partial charge in [-0.15, -0.1) is 0 Å². The van der Waals surface area contributed by atoms with Crippen LogP contribution in [0.3, 0.4) is 0 Å². The van der Waals surface area contributed by atoms with Crippen molar-refractivity contribution in [1.29, 1.82) is 0 Å². The fraction of sp³-hybridized carbons (Fsp3) is 0.324. The second-order valence-electron chi connectivity index (χ2n) is 11.2. The van der Waals surface area contributed by atoms with Gasteiger partial charge in [-0.3, -0.25) is 0 Å². The van der Waals surface area contributed by atoms with Crippen LogP contribution in [0.15, 0.2) is 79.0 Å². The average Bonchev–Trinajstić information content (AvgIpc) is 2.95. The Morgan fingerprint density at radius 3 is 2.31 bits per heavy atom. The number of pyridine rings is 1. The van der Waals surface area contributed by atoms with Crippen molar-refractivity contribution in [3.05, 3.63) is 101 Å². The first-order chi connectivity index (χ1) is 20.0. The Morgan fingerprint density at radius 1 is 0.976 bits per heavy atom. The van der Waals surface area contributed by atoms with Gasteiger partial charge in [-0.25, -0.2) is 14.6 Å². The third-order valence-corrected chi connectivity index (χ3v) is 7.10. The molecular weight excluding hydrogens is 552 g/mol. The van der Waals surface area contributed by atoms with Crippen LogP contribution in [-0.2, 0) is 15.9 Å². The van der Waals surface area contributed by atoms with Crippen molar-refractivity contribution >= 4 is 34.4 Å². The number of carbonyl (C=O) groups excluding carboxylic acids is 2. The van der Waals surface area contributed by atoms with Gasteiger partial charge < -0.3 is 19.5 Å². The zero-order chi connectivity index (χ0) is 30.4. The van der Waals surface area contributed by atoms with Crippen molar-refractivity contribution in [3.8, 4) is 11.1 Å². The standard InChI is InChI=1S/C34H37ClN2O5/c1-6-41-32(39)29-12-8-10-27-26(9-7-11-28(27)29)24-15-13-23(14-16-24)19-22(2)37(33(40)42-34(3,4)5)21-30(38)25-17-18-31(35)36-20-25/h7-18,20,22,30,38H,6,19,21H2,1-5H3/t22-,30+/m1/s1. The molecule has 1 amide bonds. The molecule has 220 valence electrons. The number of fused-ring (bicyclic) bond motifs is 1. The zero-order valence-electron chi connectivity index (χ0n) is 24.6. The summed E-state index contributed by atoms with van der Waals surface area (Å²) in [4.78, 5) is 31.3.